The monoisotopic (exact) mass is 382 g/mol. The lowest BCUT2D eigenvalue weighted by Gasteiger charge is -2.29. The maximum Gasteiger partial charge on any atom is 0.224 e. The van der Waals surface area contributed by atoms with Gasteiger partial charge in [-0.05, 0) is 56.6 Å². The number of nitrogens with one attached hydrogen (secondary N) is 1. The Bertz CT molecular complexity index is 755. The van der Waals surface area contributed by atoms with E-state index in [0.29, 0.717) is 19.6 Å². The van der Waals surface area contributed by atoms with Crippen LogP contribution in [-0.4, -0.2) is 44.2 Å². The molecule has 150 valence electrons. The van der Waals surface area contributed by atoms with Crippen LogP contribution < -0.4 is 14.8 Å². The molecular weight excluding hydrogens is 352 g/mol. The van der Waals surface area contributed by atoms with Gasteiger partial charge in [-0.2, -0.15) is 0 Å². The van der Waals surface area contributed by atoms with Gasteiger partial charge >= 0.3 is 0 Å². The normalized spacial score (nSPS) is 15.2. The second kappa shape index (κ2) is 10.1. The summed E-state index contributed by atoms with van der Waals surface area (Å²) in [6, 6.07) is 15.9. The number of carbonyl (C=O) groups is 1. The van der Waals surface area contributed by atoms with Gasteiger partial charge in [0.15, 0.2) is 0 Å². The molecule has 28 heavy (non-hydrogen) atoms. The number of rotatable bonds is 9. The van der Waals surface area contributed by atoms with E-state index in [9.17, 15) is 4.79 Å². The third kappa shape index (κ3) is 5.26. The summed E-state index contributed by atoms with van der Waals surface area (Å²) in [5.41, 5.74) is 2.12. The summed E-state index contributed by atoms with van der Waals surface area (Å²) in [7, 11) is 1.70. The lowest BCUT2D eigenvalue weighted by molar-refractivity contribution is -0.120. The summed E-state index contributed by atoms with van der Waals surface area (Å²) in [6.07, 6.45) is 2.77. The van der Waals surface area contributed by atoms with E-state index in [0.717, 1.165) is 35.7 Å². The molecule has 1 aliphatic heterocycles. The average molecular weight is 383 g/mol. The molecule has 1 aliphatic rings. The van der Waals surface area contributed by atoms with Gasteiger partial charge in [0.25, 0.3) is 0 Å². The van der Waals surface area contributed by atoms with Crippen LogP contribution in [0, 0.1) is 0 Å². The Morgan fingerprint density at radius 1 is 1.11 bits per heavy atom. The first-order valence-electron chi connectivity index (χ1n) is 10.1. The van der Waals surface area contributed by atoms with Gasteiger partial charge in [-0.1, -0.05) is 30.3 Å². The number of hydrogen-bond acceptors (Lipinski definition) is 4. The molecule has 2 aromatic rings. The molecule has 0 aliphatic carbocycles. The molecular formula is C23H30N2O3. The van der Waals surface area contributed by atoms with Crippen LogP contribution in [0.4, 0.5) is 0 Å². The van der Waals surface area contributed by atoms with Crippen molar-refractivity contribution in [2.45, 2.75) is 32.2 Å². The minimum absolute atomic E-state index is 0.0308. The molecule has 5 nitrogen and oxygen atoms in total. The number of nitrogens with zero attached hydrogens (tertiary/aromatic N) is 1. The number of ether oxygens (including phenoxy) is 2. The minimum atomic E-state index is 0.0308. The van der Waals surface area contributed by atoms with Crippen molar-refractivity contribution in [3.63, 3.8) is 0 Å². The molecule has 0 saturated carbocycles. The first-order chi connectivity index (χ1) is 13.7. The Morgan fingerprint density at radius 3 is 2.50 bits per heavy atom. The second-order valence-electron chi connectivity index (χ2n) is 7.06. The lowest BCUT2D eigenvalue weighted by atomic mass is 10.0. The predicted molar refractivity (Wildman–Crippen MR) is 111 cm³/mol. The zero-order valence-corrected chi connectivity index (χ0v) is 16.8. The second-order valence-corrected chi connectivity index (χ2v) is 7.06. The Hall–Kier alpha value is -2.53. The molecule has 1 amide bonds. The van der Waals surface area contributed by atoms with Gasteiger partial charge in [0.05, 0.1) is 26.2 Å². The standard InChI is InChI=1S/C23H30N2O3/c1-3-28-19-12-10-18(11-13-19)16-23(26)24-17-21(25-14-6-7-15-25)20-8-4-5-9-22(20)27-2/h4-5,8-13,21H,3,6-7,14-17H2,1-2H3,(H,24,26). The minimum Gasteiger partial charge on any atom is -0.496 e. The highest BCUT2D eigenvalue weighted by atomic mass is 16.5. The van der Waals surface area contributed by atoms with Crippen molar-refractivity contribution in [3.8, 4) is 11.5 Å². The molecule has 2 aromatic carbocycles. The molecule has 1 fully saturated rings. The summed E-state index contributed by atoms with van der Waals surface area (Å²) in [6.45, 7) is 5.28. The zero-order chi connectivity index (χ0) is 19.8. The van der Waals surface area contributed by atoms with E-state index >= 15 is 0 Å². The predicted octanol–water partition coefficient (Wildman–Crippen LogP) is 3.59. The molecule has 1 N–H and O–H groups in total. The van der Waals surface area contributed by atoms with Gasteiger partial charge in [-0.3, -0.25) is 9.69 Å². The Balaban J connectivity index is 1.63. The fourth-order valence-electron chi connectivity index (χ4n) is 3.76. The Labute approximate surface area is 167 Å². The van der Waals surface area contributed by atoms with Crippen LogP contribution in [0.3, 0.4) is 0 Å². The van der Waals surface area contributed by atoms with E-state index in [1.54, 1.807) is 7.11 Å². The fourth-order valence-corrected chi connectivity index (χ4v) is 3.76. The third-order valence-electron chi connectivity index (χ3n) is 5.17. The van der Waals surface area contributed by atoms with Crippen molar-refractivity contribution in [2.24, 2.45) is 0 Å². The number of amides is 1. The maximum absolute atomic E-state index is 12.5. The molecule has 0 bridgehead atoms. The van der Waals surface area contributed by atoms with E-state index in [2.05, 4.69) is 16.3 Å². The van der Waals surface area contributed by atoms with Gasteiger partial charge in [0, 0.05) is 12.1 Å². The molecule has 0 aromatic heterocycles. The quantitative estimate of drug-likeness (QED) is 0.720. The molecule has 1 heterocycles. The van der Waals surface area contributed by atoms with Gasteiger partial charge in [-0.25, -0.2) is 0 Å². The largest absolute Gasteiger partial charge is 0.496 e. The Kier molecular flexibility index (Phi) is 7.31. The third-order valence-corrected chi connectivity index (χ3v) is 5.17. The fraction of sp³-hybridized carbons (Fsp3) is 0.435. The van der Waals surface area contributed by atoms with Crippen LogP contribution in [-0.2, 0) is 11.2 Å². The molecule has 5 heteroatoms. The Morgan fingerprint density at radius 2 is 1.82 bits per heavy atom. The SMILES string of the molecule is CCOc1ccc(CC(=O)NCC(c2ccccc2OC)N2CCCC2)cc1. The highest BCUT2D eigenvalue weighted by Gasteiger charge is 2.26. The molecule has 0 radical (unpaired) electrons. The van der Waals surface area contributed by atoms with Crippen LogP contribution in [0.25, 0.3) is 0 Å². The highest BCUT2D eigenvalue weighted by Crippen LogP contribution is 2.31. The number of carbonyl (C=O) groups excluding carboxylic acids is 1. The number of benzene rings is 2. The van der Waals surface area contributed by atoms with Crippen LogP contribution >= 0.6 is 0 Å². The van der Waals surface area contributed by atoms with Gasteiger partial charge < -0.3 is 14.8 Å². The summed E-state index contributed by atoms with van der Waals surface area (Å²) < 4.78 is 11.0. The number of hydrogen-bond donors (Lipinski definition) is 1. The van der Waals surface area contributed by atoms with E-state index in [4.69, 9.17) is 9.47 Å². The first-order valence-corrected chi connectivity index (χ1v) is 10.1. The number of methoxy groups -OCH3 is 1. The van der Waals surface area contributed by atoms with E-state index < -0.39 is 0 Å². The lowest BCUT2D eigenvalue weighted by Crippen LogP contribution is -2.37. The van der Waals surface area contributed by atoms with Crippen LogP contribution in [0.15, 0.2) is 48.5 Å². The van der Waals surface area contributed by atoms with Crippen LogP contribution in [0.2, 0.25) is 0 Å². The molecule has 1 saturated heterocycles. The van der Waals surface area contributed by atoms with E-state index in [1.807, 2.05) is 49.4 Å². The number of likely N-dealkylation sites (tertiary alicyclic amines) is 1. The van der Waals surface area contributed by atoms with Crippen molar-refractivity contribution >= 4 is 5.91 Å². The average Bonchev–Trinajstić information content (AvgIpc) is 3.25. The van der Waals surface area contributed by atoms with Crippen molar-refractivity contribution in [2.75, 3.05) is 33.4 Å². The first kappa shape index (κ1) is 20.2. The van der Waals surface area contributed by atoms with Crippen molar-refractivity contribution in [1.82, 2.24) is 10.2 Å². The smallest absolute Gasteiger partial charge is 0.224 e. The highest BCUT2D eigenvalue weighted by molar-refractivity contribution is 5.78. The van der Waals surface area contributed by atoms with Gasteiger partial charge in [0.2, 0.25) is 5.91 Å². The number of para-hydroxylation sites is 1. The summed E-state index contributed by atoms with van der Waals surface area (Å²) in [4.78, 5) is 15.0. The van der Waals surface area contributed by atoms with Crippen LogP contribution in [0.1, 0.15) is 36.9 Å². The summed E-state index contributed by atoms with van der Waals surface area (Å²) in [5.74, 6) is 1.74. The molecule has 3 rings (SSSR count). The van der Waals surface area contributed by atoms with Crippen molar-refractivity contribution < 1.29 is 14.3 Å². The van der Waals surface area contributed by atoms with Crippen molar-refractivity contribution in [1.29, 1.82) is 0 Å². The van der Waals surface area contributed by atoms with Crippen LogP contribution in [0.5, 0.6) is 11.5 Å². The maximum atomic E-state index is 12.5. The topological polar surface area (TPSA) is 50.8 Å². The summed E-state index contributed by atoms with van der Waals surface area (Å²) in [5, 5.41) is 3.13. The van der Waals surface area contributed by atoms with Gasteiger partial charge in [-0.15, -0.1) is 0 Å². The van der Waals surface area contributed by atoms with Gasteiger partial charge in [0.1, 0.15) is 11.5 Å². The molecule has 1 atom stereocenters. The summed E-state index contributed by atoms with van der Waals surface area (Å²) >= 11 is 0. The van der Waals surface area contributed by atoms with E-state index in [-0.39, 0.29) is 11.9 Å². The zero-order valence-electron chi connectivity index (χ0n) is 16.8. The molecule has 0 spiro atoms. The van der Waals surface area contributed by atoms with Crippen molar-refractivity contribution in [3.05, 3.63) is 59.7 Å². The molecule has 1 unspecified atom stereocenters. The van der Waals surface area contributed by atoms with E-state index in [1.165, 1.54) is 12.8 Å².